The van der Waals surface area contributed by atoms with Gasteiger partial charge >= 0.3 is 6.03 Å². The molecule has 184 valence electrons. The molecule has 0 spiro atoms. The van der Waals surface area contributed by atoms with E-state index in [0.717, 1.165) is 18.4 Å². The molecule has 0 aromatic carbocycles. The molecule has 0 unspecified atom stereocenters. The maximum Gasteiger partial charge on any atom is 0.317 e. The summed E-state index contributed by atoms with van der Waals surface area (Å²) >= 11 is 0. The van der Waals surface area contributed by atoms with Gasteiger partial charge in [0.1, 0.15) is 6.10 Å². The van der Waals surface area contributed by atoms with Gasteiger partial charge in [0.15, 0.2) is 0 Å². The van der Waals surface area contributed by atoms with Crippen molar-refractivity contribution in [1.82, 2.24) is 30.2 Å². The molecule has 2 aromatic heterocycles. The molecule has 0 bridgehead atoms. The van der Waals surface area contributed by atoms with Crippen LogP contribution in [0, 0.1) is 0 Å². The van der Waals surface area contributed by atoms with Gasteiger partial charge in [-0.1, -0.05) is 0 Å². The Balaban J connectivity index is 1.46. The molecule has 2 aliphatic rings. The predicted molar refractivity (Wildman–Crippen MR) is 126 cm³/mol. The maximum atomic E-state index is 12.3. The molecule has 1 aliphatic heterocycles. The van der Waals surface area contributed by atoms with Gasteiger partial charge < -0.3 is 35.1 Å². The molecule has 12 nitrogen and oxygen atoms in total. The van der Waals surface area contributed by atoms with Crippen molar-refractivity contribution in [2.75, 3.05) is 57.7 Å². The Morgan fingerprint density at radius 2 is 2.09 bits per heavy atom. The number of carbonyl (C=O) groups is 1. The number of ether oxygens (including phenoxy) is 3. The molecule has 2 amide bonds. The average molecular weight is 473 g/mol. The van der Waals surface area contributed by atoms with Gasteiger partial charge in [0, 0.05) is 70.2 Å². The van der Waals surface area contributed by atoms with Gasteiger partial charge in [-0.2, -0.15) is 4.98 Å². The number of morpholine rings is 1. The van der Waals surface area contributed by atoms with Gasteiger partial charge in [-0.25, -0.2) is 19.7 Å². The monoisotopic (exact) mass is 472 g/mol. The standard InChI is InChI=1S/C22H32N8O4/c1-14-13-33-7-5-30(14)21-27-18(15-11-25-20(23)26-12-15)10-19(28-21)34-17-8-16(9-17)29(2)22(31)24-4-6-32-3/h10-12,14,16-17H,4-9,13H2,1-3H3,(H,24,31)(H2,23,25,26)/t14-,16?,17?/m0/s1. The Bertz CT molecular complexity index is 970. The summed E-state index contributed by atoms with van der Waals surface area (Å²) in [6, 6.07) is 1.92. The zero-order valence-corrected chi connectivity index (χ0v) is 19.8. The average Bonchev–Trinajstić information content (AvgIpc) is 2.81. The van der Waals surface area contributed by atoms with Crippen LogP contribution in [0.5, 0.6) is 5.88 Å². The van der Waals surface area contributed by atoms with Crippen LogP contribution in [0.3, 0.4) is 0 Å². The lowest BCUT2D eigenvalue weighted by Gasteiger charge is -2.40. The van der Waals surface area contributed by atoms with Crippen LogP contribution >= 0.6 is 0 Å². The number of nitrogens with two attached hydrogens (primary N) is 1. The van der Waals surface area contributed by atoms with Crippen molar-refractivity contribution in [2.45, 2.75) is 38.0 Å². The lowest BCUT2D eigenvalue weighted by atomic mass is 9.88. The number of carbonyl (C=O) groups excluding carboxylic acids is 1. The molecule has 1 saturated carbocycles. The molecule has 12 heteroatoms. The fourth-order valence-corrected chi connectivity index (χ4v) is 3.92. The topological polar surface area (TPSA) is 141 Å². The van der Waals surface area contributed by atoms with Crippen molar-refractivity contribution in [2.24, 2.45) is 0 Å². The summed E-state index contributed by atoms with van der Waals surface area (Å²) < 4.78 is 16.7. The fourth-order valence-electron chi connectivity index (χ4n) is 3.92. The molecule has 3 N–H and O–H groups in total. The van der Waals surface area contributed by atoms with Gasteiger partial charge in [0.25, 0.3) is 0 Å². The van der Waals surface area contributed by atoms with E-state index in [1.54, 1.807) is 37.5 Å². The number of methoxy groups -OCH3 is 1. The van der Waals surface area contributed by atoms with E-state index in [9.17, 15) is 4.79 Å². The highest BCUT2D eigenvalue weighted by molar-refractivity contribution is 5.74. The number of anilines is 2. The summed E-state index contributed by atoms with van der Waals surface area (Å²) in [5.74, 6) is 1.25. The highest BCUT2D eigenvalue weighted by Crippen LogP contribution is 2.31. The first-order valence-corrected chi connectivity index (χ1v) is 11.4. The van der Waals surface area contributed by atoms with Crippen molar-refractivity contribution in [3.8, 4) is 17.1 Å². The number of rotatable bonds is 8. The first-order valence-electron chi connectivity index (χ1n) is 11.4. The van der Waals surface area contributed by atoms with Crippen LogP contribution in [0.15, 0.2) is 18.5 Å². The van der Waals surface area contributed by atoms with E-state index >= 15 is 0 Å². The molecule has 2 aromatic rings. The zero-order chi connectivity index (χ0) is 24.1. The van der Waals surface area contributed by atoms with Crippen LogP contribution in [0.25, 0.3) is 11.3 Å². The molecule has 34 heavy (non-hydrogen) atoms. The molecule has 1 atom stereocenters. The van der Waals surface area contributed by atoms with Gasteiger partial charge in [0.05, 0.1) is 31.6 Å². The molecule has 3 heterocycles. The lowest BCUT2D eigenvalue weighted by Crippen LogP contribution is -2.53. The Hall–Kier alpha value is -3.25. The van der Waals surface area contributed by atoms with Crippen molar-refractivity contribution in [3.05, 3.63) is 18.5 Å². The van der Waals surface area contributed by atoms with Crippen molar-refractivity contribution >= 4 is 17.9 Å². The molecule has 1 saturated heterocycles. The summed E-state index contributed by atoms with van der Waals surface area (Å²) in [6.45, 7) is 4.95. The van der Waals surface area contributed by atoms with Crippen LogP contribution in [0.4, 0.5) is 16.7 Å². The molecule has 2 fully saturated rings. The highest BCUT2D eigenvalue weighted by atomic mass is 16.5. The Morgan fingerprint density at radius 1 is 1.32 bits per heavy atom. The second-order valence-electron chi connectivity index (χ2n) is 8.54. The van der Waals surface area contributed by atoms with E-state index in [0.29, 0.717) is 50.4 Å². The predicted octanol–water partition coefficient (Wildman–Crippen LogP) is 0.939. The highest BCUT2D eigenvalue weighted by Gasteiger charge is 2.36. The number of nitrogen functional groups attached to an aromatic ring is 1. The van der Waals surface area contributed by atoms with E-state index < -0.39 is 0 Å². The van der Waals surface area contributed by atoms with Crippen LogP contribution in [0.1, 0.15) is 19.8 Å². The lowest BCUT2D eigenvalue weighted by molar-refractivity contribution is 0.0402. The minimum Gasteiger partial charge on any atom is -0.474 e. The fraction of sp³-hybridized carbons (Fsp3) is 0.591. The number of hydrogen-bond acceptors (Lipinski definition) is 10. The van der Waals surface area contributed by atoms with Gasteiger partial charge in [-0.3, -0.25) is 0 Å². The quantitative estimate of drug-likeness (QED) is 0.533. The Kier molecular flexibility index (Phi) is 7.58. The largest absolute Gasteiger partial charge is 0.474 e. The first-order chi connectivity index (χ1) is 16.4. The Morgan fingerprint density at radius 3 is 2.79 bits per heavy atom. The van der Waals surface area contributed by atoms with E-state index in [2.05, 4.69) is 27.1 Å². The minimum absolute atomic E-state index is 0.0420. The third-order valence-electron chi connectivity index (χ3n) is 6.09. The van der Waals surface area contributed by atoms with Crippen LogP contribution in [-0.2, 0) is 9.47 Å². The molecular weight excluding hydrogens is 440 g/mol. The number of aromatic nitrogens is 4. The van der Waals surface area contributed by atoms with Crippen LogP contribution in [0.2, 0.25) is 0 Å². The normalized spacial score (nSPS) is 22.1. The number of amides is 2. The summed E-state index contributed by atoms with van der Waals surface area (Å²) in [5.41, 5.74) is 7.02. The van der Waals surface area contributed by atoms with Gasteiger partial charge in [0.2, 0.25) is 17.8 Å². The van der Waals surface area contributed by atoms with Crippen molar-refractivity contribution < 1.29 is 19.0 Å². The van der Waals surface area contributed by atoms with Crippen LogP contribution in [-0.4, -0.2) is 96.1 Å². The summed E-state index contributed by atoms with van der Waals surface area (Å²) in [5, 5.41) is 2.84. The second kappa shape index (κ2) is 10.8. The molecule has 0 radical (unpaired) electrons. The summed E-state index contributed by atoms with van der Waals surface area (Å²) in [6.07, 6.45) is 4.68. The molecular formula is C22H32N8O4. The number of urea groups is 1. The minimum atomic E-state index is -0.114. The smallest absolute Gasteiger partial charge is 0.317 e. The van der Waals surface area contributed by atoms with Crippen molar-refractivity contribution in [1.29, 1.82) is 0 Å². The summed E-state index contributed by atoms with van der Waals surface area (Å²) in [7, 11) is 3.40. The number of nitrogens with one attached hydrogen (secondary N) is 1. The second-order valence-corrected chi connectivity index (χ2v) is 8.54. The third-order valence-corrected chi connectivity index (χ3v) is 6.09. The van der Waals surface area contributed by atoms with Gasteiger partial charge in [-0.05, 0) is 6.92 Å². The molecule has 4 rings (SSSR count). The summed E-state index contributed by atoms with van der Waals surface area (Å²) in [4.78, 5) is 33.7. The van der Waals surface area contributed by atoms with E-state index in [4.69, 9.17) is 29.9 Å². The number of hydrogen-bond donors (Lipinski definition) is 2. The Labute approximate surface area is 198 Å². The van der Waals surface area contributed by atoms with E-state index in [-0.39, 0.29) is 30.2 Å². The number of nitrogens with zero attached hydrogens (tertiary/aromatic N) is 6. The van der Waals surface area contributed by atoms with Crippen LogP contribution < -0.4 is 20.7 Å². The van der Waals surface area contributed by atoms with Gasteiger partial charge in [-0.15, -0.1) is 0 Å². The SMILES string of the molecule is COCCNC(=O)N(C)C1CC(Oc2cc(-c3cnc(N)nc3)nc(N3CCOC[C@@H]3C)n2)C1. The maximum absolute atomic E-state index is 12.3. The van der Waals surface area contributed by atoms with E-state index in [1.807, 2.05) is 0 Å². The van der Waals surface area contributed by atoms with Crippen molar-refractivity contribution in [3.63, 3.8) is 0 Å². The third kappa shape index (κ3) is 5.62. The van der Waals surface area contributed by atoms with E-state index in [1.165, 1.54) is 0 Å². The zero-order valence-electron chi connectivity index (χ0n) is 19.8. The molecule has 1 aliphatic carbocycles. The first kappa shape index (κ1) is 23.9.